The minimum absolute atomic E-state index is 0.238. The number of allylic oxidation sites excluding steroid dienone is 3. The highest BCUT2D eigenvalue weighted by Gasteiger charge is 2.17. The van der Waals surface area contributed by atoms with Crippen LogP contribution in [0, 0.1) is 0 Å². The number of hydrogen-bond donors (Lipinski definition) is 0. The minimum atomic E-state index is -0.238. The predicted molar refractivity (Wildman–Crippen MR) is 51.6 cm³/mol. The van der Waals surface area contributed by atoms with Crippen molar-refractivity contribution < 1.29 is 4.39 Å². The van der Waals surface area contributed by atoms with Crippen molar-refractivity contribution in [1.29, 1.82) is 0 Å². The molecule has 0 saturated heterocycles. The smallest absolute Gasteiger partial charge is 0.181 e. The van der Waals surface area contributed by atoms with Crippen molar-refractivity contribution in [3.8, 4) is 0 Å². The molecule has 0 spiro atoms. The molecule has 4 heteroatoms. The fraction of sp³-hybridized carbons (Fsp3) is 0.286. The summed E-state index contributed by atoms with van der Waals surface area (Å²) >= 11 is 2.97. The van der Waals surface area contributed by atoms with Crippen LogP contribution in [-0.2, 0) is 0 Å². The molecule has 0 bridgehead atoms. The van der Waals surface area contributed by atoms with Gasteiger partial charge in [-0.2, -0.15) is 0 Å². The van der Waals surface area contributed by atoms with Crippen molar-refractivity contribution in [3.05, 3.63) is 23.2 Å². The third-order valence-electron chi connectivity index (χ3n) is 1.57. The van der Waals surface area contributed by atoms with E-state index in [2.05, 4.69) is 20.9 Å². The van der Waals surface area contributed by atoms with Crippen LogP contribution in [0.15, 0.2) is 28.2 Å². The molecule has 0 N–H and O–H groups in total. The van der Waals surface area contributed by atoms with Crippen molar-refractivity contribution in [2.75, 3.05) is 0 Å². The summed E-state index contributed by atoms with van der Waals surface area (Å²) in [6.45, 7) is 1.96. The highest BCUT2D eigenvalue weighted by Crippen LogP contribution is 2.26. The molecule has 0 atom stereocenters. The molecular formula is C7H8BBrFN. The Hall–Kier alpha value is -0.375. The maximum Gasteiger partial charge on any atom is 0.181 e. The van der Waals surface area contributed by atoms with Crippen LogP contribution < -0.4 is 0 Å². The molecule has 11 heavy (non-hydrogen) atoms. The second kappa shape index (κ2) is 3.35. The molecule has 1 heterocycles. The van der Waals surface area contributed by atoms with Gasteiger partial charge in [0.05, 0.1) is 0 Å². The third-order valence-corrected chi connectivity index (χ3v) is 2.09. The second-order valence-electron chi connectivity index (χ2n) is 2.45. The van der Waals surface area contributed by atoms with Crippen molar-refractivity contribution in [1.82, 2.24) is 0 Å². The van der Waals surface area contributed by atoms with Crippen molar-refractivity contribution >= 4 is 28.4 Å². The molecule has 58 valence electrons. The summed E-state index contributed by atoms with van der Waals surface area (Å²) in [5.41, 5.74) is 1.59. The molecule has 0 radical (unpaired) electrons. The van der Waals surface area contributed by atoms with E-state index >= 15 is 0 Å². The summed E-state index contributed by atoms with van der Waals surface area (Å²) in [7, 11) is 2.03. The molecule has 0 unspecified atom stereocenters. The SMILES string of the molecule is BC/C(C)=C/C1=C(F)C(Br)=N1. The molecule has 1 aliphatic rings. The normalized spacial score (nSPS) is 18.1. The Kier molecular flexibility index (Phi) is 2.65. The zero-order chi connectivity index (χ0) is 8.43. The van der Waals surface area contributed by atoms with Crippen LogP contribution in [0.4, 0.5) is 4.39 Å². The molecule has 1 aliphatic heterocycles. The van der Waals surface area contributed by atoms with E-state index in [0.29, 0.717) is 10.3 Å². The van der Waals surface area contributed by atoms with E-state index < -0.39 is 0 Å². The molecule has 0 saturated carbocycles. The molecule has 0 amide bonds. The predicted octanol–water partition coefficient (Wildman–Crippen LogP) is 1.97. The first kappa shape index (κ1) is 8.72. The van der Waals surface area contributed by atoms with Crippen molar-refractivity contribution in [3.63, 3.8) is 0 Å². The molecule has 0 fully saturated rings. The van der Waals surface area contributed by atoms with Crippen molar-refractivity contribution in [2.45, 2.75) is 13.2 Å². The lowest BCUT2D eigenvalue weighted by atomic mass is 9.97. The fourth-order valence-electron chi connectivity index (χ4n) is 0.688. The van der Waals surface area contributed by atoms with Gasteiger partial charge in [0.15, 0.2) is 5.83 Å². The van der Waals surface area contributed by atoms with E-state index in [-0.39, 0.29) is 5.83 Å². The van der Waals surface area contributed by atoms with Crippen LogP contribution in [0.2, 0.25) is 6.32 Å². The lowest BCUT2D eigenvalue weighted by molar-refractivity contribution is 0.663. The number of nitrogens with zero attached hydrogens (tertiary/aromatic N) is 1. The van der Waals surface area contributed by atoms with Crippen LogP contribution in [0.25, 0.3) is 0 Å². The first-order valence-electron chi connectivity index (χ1n) is 3.46. The van der Waals surface area contributed by atoms with Crippen LogP contribution in [0.5, 0.6) is 0 Å². The van der Waals surface area contributed by atoms with Gasteiger partial charge >= 0.3 is 0 Å². The Morgan fingerprint density at radius 1 is 1.82 bits per heavy atom. The van der Waals surface area contributed by atoms with E-state index in [1.165, 1.54) is 0 Å². The maximum atomic E-state index is 12.7. The first-order valence-corrected chi connectivity index (χ1v) is 4.26. The Bertz CT molecular complexity index is 268. The Balaban J connectivity index is 2.68. The number of aliphatic imine (C=N–C) groups is 1. The van der Waals surface area contributed by atoms with Gasteiger partial charge in [-0.15, -0.1) is 0 Å². The quantitative estimate of drug-likeness (QED) is 0.625. The number of halogens is 2. The number of rotatable bonds is 2. The Morgan fingerprint density at radius 3 is 2.82 bits per heavy atom. The average molecular weight is 216 g/mol. The highest BCUT2D eigenvalue weighted by molar-refractivity contribution is 9.18. The molecule has 0 aromatic rings. The average Bonchev–Trinajstić information content (AvgIpc) is 2.03. The van der Waals surface area contributed by atoms with Gasteiger partial charge < -0.3 is 0 Å². The molecule has 1 nitrogen and oxygen atoms in total. The monoisotopic (exact) mass is 215 g/mol. The Labute approximate surface area is 74.6 Å². The lowest BCUT2D eigenvalue weighted by Gasteiger charge is -2.09. The zero-order valence-electron chi connectivity index (χ0n) is 6.49. The molecule has 0 aliphatic carbocycles. The van der Waals surface area contributed by atoms with Crippen LogP contribution in [-0.4, -0.2) is 12.5 Å². The maximum absolute atomic E-state index is 12.7. The van der Waals surface area contributed by atoms with Crippen LogP contribution >= 0.6 is 15.9 Å². The molecule has 1 rings (SSSR count). The van der Waals surface area contributed by atoms with Gasteiger partial charge in [-0.3, -0.25) is 0 Å². The second-order valence-corrected chi connectivity index (χ2v) is 3.20. The Morgan fingerprint density at radius 2 is 2.45 bits per heavy atom. The fourth-order valence-corrected chi connectivity index (χ4v) is 1.08. The third kappa shape index (κ3) is 1.80. The summed E-state index contributed by atoms with van der Waals surface area (Å²) in [5, 5.41) is 0. The molecule has 0 aromatic heterocycles. The molecule has 0 aromatic carbocycles. The van der Waals surface area contributed by atoms with E-state index in [9.17, 15) is 4.39 Å². The summed E-state index contributed by atoms with van der Waals surface area (Å²) in [4.78, 5) is 3.85. The van der Waals surface area contributed by atoms with Gasteiger partial charge in [-0.05, 0) is 28.9 Å². The van der Waals surface area contributed by atoms with Gasteiger partial charge in [-0.1, -0.05) is 11.9 Å². The molecular weight excluding hydrogens is 208 g/mol. The standard InChI is InChI=1S/C7H8BBrFN/c1-4(3-8)2-5-6(10)7(9)11-5/h2H,3,8H2,1H3/b4-2+. The summed E-state index contributed by atoms with van der Waals surface area (Å²) in [5.74, 6) is -0.238. The summed E-state index contributed by atoms with van der Waals surface area (Å²) in [6.07, 6.45) is 2.70. The van der Waals surface area contributed by atoms with Gasteiger partial charge in [0, 0.05) is 0 Å². The van der Waals surface area contributed by atoms with Crippen LogP contribution in [0.1, 0.15) is 6.92 Å². The summed E-state index contributed by atoms with van der Waals surface area (Å²) < 4.78 is 13.1. The lowest BCUT2D eigenvalue weighted by Crippen LogP contribution is -2.02. The minimum Gasteiger partial charge on any atom is -0.235 e. The van der Waals surface area contributed by atoms with Gasteiger partial charge in [0.25, 0.3) is 0 Å². The largest absolute Gasteiger partial charge is 0.235 e. The van der Waals surface area contributed by atoms with Gasteiger partial charge in [-0.25, -0.2) is 9.38 Å². The summed E-state index contributed by atoms with van der Waals surface area (Å²) in [6, 6.07) is 0. The van der Waals surface area contributed by atoms with Crippen LogP contribution in [0.3, 0.4) is 0 Å². The van der Waals surface area contributed by atoms with E-state index in [0.717, 1.165) is 11.9 Å². The number of hydrogen-bond acceptors (Lipinski definition) is 1. The zero-order valence-corrected chi connectivity index (χ0v) is 8.07. The van der Waals surface area contributed by atoms with E-state index in [1.807, 2.05) is 14.8 Å². The van der Waals surface area contributed by atoms with E-state index in [4.69, 9.17) is 0 Å². The highest BCUT2D eigenvalue weighted by atomic mass is 79.9. The topological polar surface area (TPSA) is 12.4 Å². The van der Waals surface area contributed by atoms with Crippen molar-refractivity contribution in [2.24, 2.45) is 4.99 Å². The van der Waals surface area contributed by atoms with Gasteiger partial charge in [0.2, 0.25) is 0 Å². The van der Waals surface area contributed by atoms with E-state index in [1.54, 1.807) is 6.08 Å². The van der Waals surface area contributed by atoms with Gasteiger partial charge in [0.1, 0.15) is 18.2 Å². The first-order chi connectivity index (χ1) is 5.15.